The first-order valence-corrected chi connectivity index (χ1v) is 13.1. The van der Waals surface area contributed by atoms with Gasteiger partial charge in [-0.05, 0) is 63.7 Å². The maximum absolute atomic E-state index is 12.6. The van der Waals surface area contributed by atoms with E-state index in [1.54, 1.807) is 24.7 Å². The molecule has 7 nitrogen and oxygen atoms in total. The minimum atomic E-state index is -0.164. The number of aromatic nitrogens is 4. The van der Waals surface area contributed by atoms with Crippen LogP contribution in [0.5, 0.6) is 0 Å². The lowest BCUT2D eigenvalue weighted by atomic mass is 9.73. The van der Waals surface area contributed by atoms with E-state index in [1.165, 1.54) is 31.6 Å². The van der Waals surface area contributed by atoms with Gasteiger partial charge in [0.15, 0.2) is 0 Å². The normalized spacial score (nSPS) is 16.3. The number of rotatable bonds is 3. The predicted octanol–water partition coefficient (Wildman–Crippen LogP) is 5.73. The lowest BCUT2D eigenvalue weighted by molar-refractivity contribution is 0.0784. The van der Waals surface area contributed by atoms with Crippen LogP contribution in [0.3, 0.4) is 0 Å². The number of likely N-dealkylation sites (tertiary alicyclic amines) is 1. The number of benzene rings is 1. The molecule has 0 atom stereocenters. The Morgan fingerprint density at radius 3 is 2.59 bits per heavy atom. The van der Waals surface area contributed by atoms with E-state index in [0.29, 0.717) is 16.8 Å². The molecule has 0 aliphatic carbocycles. The number of hydrogen-bond donors (Lipinski definition) is 2. The third kappa shape index (κ3) is 5.67. The summed E-state index contributed by atoms with van der Waals surface area (Å²) in [6.07, 6.45) is 9.60. The molecule has 4 aromatic rings. The van der Waals surface area contributed by atoms with Crippen LogP contribution in [0, 0.1) is 5.41 Å². The third-order valence-corrected chi connectivity index (χ3v) is 6.89. The first-order chi connectivity index (χ1) is 18.0. The maximum Gasteiger partial charge on any atom is 0.259 e. The highest BCUT2D eigenvalue weighted by atomic mass is 16.1. The van der Waals surface area contributed by atoms with Crippen molar-refractivity contribution in [2.75, 3.05) is 38.1 Å². The second-order valence-electron chi connectivity index (χ2n) is 9.77. The fourth-order valence-corrected chi connectivity index (χ4v) is 5.34. The van der Waals surface area contributed by atoms with E-state index in [2.05, 4.69) is 50.5 Å². The van der Waals surface area contributed by atoms with E-state index in [0.717, 1.165) is 35.2 Å². The van der Waals surface area contributed by atoms with Crippen molar-refractivity contribution in [2.24, 2.45) is 5.41 Å². The Labute approximate surface area is 219 Å². The van der Waals surface area contributed by atoms with Gasteiger partial charge in [0, 0.05) is 60.5 Å². The number of piperidine rings is 1. The second-order valence-corrected chi connectivity index (χ2v) is 9.77. The number of anilines is 1. The smallest absolute Gasteiger partial charge is 0.259 e. The highest BCUT2D eigenvalue weighted by molar-refractivity contribution is 5.83. The molecular weight excluding hydrogens is 460 g/mol. The molecule has 2 aliphatic rings. The lowest BCUT2D eigenvalue weighted by Gasteiger charge is -2.55. The van der Waals surface area contributed by atoms with Crippen molar-refractivity contribution in [2.45, 2.75) is 33.6 Å². The fraction of sp³-hybridized carbons (Fsp3) is 0.367. The number of H-pyrrole nitrogens is 2. The molecule has 0 unspecified atom stereocenters. The summed E-state index contributed by atoms with van der Waals surface area (Å²) in [6, 6.07) is 12.1. The zero-order chi connectivity index (χ0) is 26.4. The van der Waals surface area contributed by atoms with Crippen LogP contribution >= 0.6 is 0 Å². The van der Waals surface area contributed by atoms with Gasteiger partial charge in [0.2, 0.25) is 0 Å². The van der Waals surface area contributed by atoms with Crippen LogP contribution < -0.4 is 10.5 Å². The summed E-state index contributed by atoms with van der Waals surface area (Å²) < 4.78 is 0. The van der Waals surface area contributed by atoms with E-state index in [9.17, 15) is 4.79 Å². The average molecular weight is 499 g/mol. The van der Waals surface area contributed by atoms with Crippen LogP contribution in [0.25, 0.3) is 33.5 Å². The van der Waals surface area contributed by atoms with Gasteiger partial charge in [-0.3, -0.25) is 9.78 Å². The molecule has 2 aliphatic heterocycles. The Hall–Kier alpha value is -3.71. The van der Waals surface area contributed by atoms with Crippen molar-refractivity contribution in [3.63, 3.8) is 0 Å². The van der Waals surface area contributed by atoms with Gasteiger partial charge < -0.3 is 19.8 Å². The van der Waals surface area contributed by atoms with E-state index >= 15 is 0 Å². The molecule has 194 valence electrons. The van der Waals surface area contributed by atoms with Crippen LogP contribution in [0.15, 0.2) is 72.4 Å². The minimum Gasteiger partial charge on any atom is -0.370 e. The summed E-state index contributed by atoms with van der Waals surface area (Å²) in [7, 11) is 2.23. The molecule has 7 heteroatoms. The van der Waals surface area contributed by atoms with Crippen LogP contribution in [-0.2, 0) is 0 Å². The number of pyridine rings is 2. The van der Waals surface area contributed by atoms with Crippen LogP contribution in [0.2, 0.25) is 0 Å². The van der Waals surface area contributed by atoms with E-state index in [1.807, 2.05) is 45.0 Å². The van der Waals surface area contributed by atoms with Crippen molar-refractivity contribution in [3.05, 3.63) is 78.0 Å². The quantitative estimate of drug-likeness (QED) is 0.353. The van der Waals surface area contributed by atoms with E-state index in [-0.39, 0.29) is 5.56 Å². The molecule has 2 saturated heterocycles. The number of aromatic amines is 2. The molecule has 5 heterocycles. The molecule has 0 amide bonds. The number of fused-ring (bicyclic) bond motifs is 1. The van der Waals surface area contributed by atoms with Crippen molar-refractivity contribution in [1.29, 1.82) is 0 Å². The molecule has 6 rings (SSSR count). The van der Waals surface area contributed by atoms with Crippen molar-refractivity contribution >= 4 is 16.7 Å². The number of imidazole rings is 1. The van der Waals surface area contributed by atoms with Crippen molar-refractivity contribution in [3.8, 4) is 22.5 Å². The molecule has 37 heavy (non-hydrogen) atoms. The van der Waals surface area contributed by atoms with Gasteiger partial charge in [-0.15, -0.1) is 6.58 Å². The summed E-state index contributed by atoms with van der Waals surface area (Å²) in [5.74, 6) is 0.582. The van der Waals surface area contributed by atoms with Gasteiger partial charge in [-0.25, -0.2) is 4.98 Å². The monoisotopic (exact) mass is 498 g/mol. The lowest BCUT2D eigenvalue weighted by Crippen LogP contribution is -2.62. The number of allylic oxidation sites excluding steroid dienone is 1. The number of nitrogens with zero attached hydrogens (tertiary/aromatic N) is 4. The Balaban J connectivity index is 0.000000599. The van der Waals surface area contributed by atoms with Crippen LogP contribution in [0.4, 0.5) is 5.69 Å². The Morgan fingerprint density at radius 2 is 1.89 bits per heavy atom. The third-order valence-electron chi connectivity index (χ3n) is 6.89. The zero-order valence-corrected chi connectivity index (χ0v) is 22.4. The van der Waals surface area contributed by atoms with E-state index < -0.39 is 0 Å². The topological polar surface area (TPSA) is 80.9 Å². The van der Waals surface area contributed by atoms with Gasteiger partial charge in [0.05, 0.1) is 16.6 Å². The summed E-state index contributed by atoms with van der Waals surface area (Å²) in [5, 5.41) is 0. The van der Waals surface area contributed by atoms with Gasteiger partial charge in [-0.1, -0.05) is 26.0 Å². The molecule has 3 aromatic heterocycles. The molecule has 1 aromatic carbocycles. The summed E-state index contributed by atoms with van der Waals surface area (Å²) in [4.78, 5) is 32.6. The summed E-state index contributed by atoms with van der Waals surface area (Å²) in [6.45, 7) is 13.9. The van der Waals surface area contributed by atoms with Gasteiger partial charge in [-0.2, -0.15) is 0 Å². The summed E-state index contributed by atoms with van der Waals surface area (Å²) in [5.41, 5.74) is 5.68. The molecule has 2 fully saturated rings. The van der Waals surface area contributed by atoms with Gasteiger partial charge in [0.25, 0.3) is 5.56 Å². The molecule has 0 bridgehead atoms. The first-order valence-electron chi connectivity index (χ1n) is 13.1. The standard InChI is InChI=1S/C25H26N6O.C3H6.C2H6/c1-30-9-3-7-25(14-30)15-31(16-25)19-5-6-21-22(11-19)29-23(28-21)20-10-18(13-27-24(20)32)17-4-2-8-26-12-17;1-3-2;1-2/h2,4-6,8,10-13H,3,7,9,14-16H2,1H3,(H,27,32)(H,28,29);3H,1H2,2H3;1-2H3. The van der Waals surface area contributed by atoms with Crippen LogP contribution in [-0.4, -0.2) is 58.1 Å². The Morgan fingerprint density at radius 1 is 1.11 bits per heavy atom. The molecule has 1 spiro atoms. The van der Waals surface area contributed by atoms with Crippen LogP contribution in [0.1, 0.15) is 33.6 Å². The zero-order valence-electron chi connectivity index (χ0n) is 22.4. The van der Waals surface area contributed by atoms with Gasteiger partial charge in [0.1, 0.15) is 5.82 Å². The summed E-state index contributed by atoms with van der Waals surface area (Å²) >= 11 is 0. The molecular formula is C30H38N6O. The number of hydrogen-bond acceptors (Lipinski definition) is 5. The predicted molar refractivity (Wildman–Crippen MR) is 154 cm³/mol. The fourth-order valence-electron chi connectivity index (χ4n) is 5.34. The van der Waals surface area contributed by atoms with Crippen molar-refractivity contribution in [1.82, 2.24) is 24.8 Å². The molecule has 0 saturated carbocycles. The molecule has 2 N–H and O–H groups in total. The molecule has 0 radical (unpaired) electrons. The second kappa shape index (κ2) is 11.6. The first kappa shape index (κ1) is 26.4. The van der Waals surface area contributed by atoms with Crippen molar-refractivity contribution < 1.29 is 0 Å². The van der Waals surface area contributed by atoms with Gasteiger partial charge >= 0.3 is 0 Å². The minimum absolute atomic E-state index is 0.164. The Bertz CT molecular complexity index is 1380. The van der Waals surface area contributed by atoms with E-state index in [4.69, 9.17) is 4.98 Å². The average Bonchev–Trinajstić information content (AvgIpc) is 3.33. The number of nitrogens with one attached hydrogen (secondary N) is 2. The Kier molecular flexibility index (Phi) is 8.24. The SMILES string of the molecule is C=CC.CC.CN1CCCC2(C1)CN(c1ccc3nc(-c4cc(-c5cccnc5)c[nH]c4=O)[nH]c3c1)C2. The highest BCUT2D eigenvalue weighted by Gasteiger charge is 2.44. The maximum atomic E-state index is 12.6. The highest BCUT2D eigenvalue weighted by Crippen LogP contribution is 2.41. The largest absolute Gasteiger partial charge is 0.370 e.